The third kappa shape index (κ3) is 2.81. The molecule has 2 N–H and O–H groups in total. The Hall–Kier alpha value is -0.880. The summed E-state index contributed by atoms with van der Waals surface area (Å²) in [4.78, 5) is 0. The maximum absolute atomic E-state index is 12.3. The average molecular weight is 228 g/mol. The van der Waals surface area contributed by atoms with Crippen LogP contribution in [0.25, 0.3) is 0 Å². The summed E-state index contributed by atoms with van der Waals surface area (Å²) in [6.45, 7) is 1.43. The molecule has 0 saturated carbocycles. The molecule has 7 heteroatoms. The van der Waals surface area contributed by atoms with Gasteiger partial charge in [0.25, 0.3) is 0 Å². The van der Waals surface area contributed by atoms with Crippen LogP contribution in [0.4, 0.5) is 13.2 Å². The SMILES string of the molecule is C[C@@H](N)c1nnccc1C(F)(F)F.Cl. The predicted molar refractivity (Wildman–Crippen MR) is 46.9 cm³/mol. The highest BCUT2D eigenvalue weighted by Crippen LogP contribution is 2.32. The number of halogens is 4. The molecule has 1 aromatic rings. The monoisotopic (exact) mass is 227 g/mol. The minimum Gasteiger partial charge on any atom is -0.323 e. The first-order chi connectivity index (χ1) is 5.93. The molecule has 0 saturated heterocycles. The van der Waals surface area contributed by atoms with Gasteiger partial charge in [-0.2, -0.15) is 23.4 Å². The van der Waals surface area contributed by atoms with Crippen molar-refractivity contribution in [2.45, 2.75) is 19.1 Å². The Bertz CT molecular complexity index is 300. The summed E-state index contributed by atoms with van der Waals surface area (Å²) in [5.41, 5.74) is 4.26. The van der Waals surface area contributed by atoms with E-state index in [1.54, 1.807) is 0 Å². The lowest BCUT2D eigenvalue weighted by Gasteiger charge is -2.12. The number of rotatable bonds is 1. The highest BCUT2D eigenvalue weighted by atomic mass is 35.5. The molecule has 80 valence electrons. The van der Waals surface area contributed by atoms with Crippen LogP contribution in [0.1, 0.15) is 24.2 Å². The summed E-state index contributed by atoms with van der Waals surface area (Å²) in [7, 11) is 0. The van der Waals surface area contributed by atoms with Crippen molar-refractivity contribution in [1.29, 1.82) is 0 Å². The van der Waals surface area contributed by atoms with Crippen molar-refractivity contribution in [3.8, 4) is 0 Å². The Labute approximate surface area is 84.9 Å². The van der Waals surface area contributed by atoms with Crippen molar-refractivity contribution in [3.63, 3.8) is 0 Å². The van der Waals surface area contributed by atoms with E-state index in [1.165, 1.54) is 6.92 Å². The van der Waals surface area contributed by atoms with E-state index in [9.17, 15) is 13.2 Å². The van der Waals surface area contributed by atoms with Crippen LogP contribution in [0, 0.1) is 0 Å². The van der Waals surface area contributed by atoms with E-state index in [0.717, 1.165) is 12.3 Å². The van der Waals surface area contributed by atoms with Gasteiger partial charge in [0, 0.05) is 6.04 Å². The topological polar surface area (TPSA) is 51.8 Å². The fourth-order valence-corrected chi connectivity index (χ4v) is 0.919. The first kappa shape index (κ1) is 13.1. The minimum atomic E-state index is -4.42. The molecule has 1 atom stereocenters. The summed E-state index contributed by atoms with van der Waals surface area (Å²) in [6, 6.07) is 0.0939. The van der Waals surface area contributed by atoms with Crippen LogP contribution in [0.5, 0.6) is 0 Å². The highest BCUT2D eigenvalue weighted by molar-refractivity contribution is 5.85. The van der Waals surface area contributed by atoms with Gasteiger partial charge in [-0.05, 0) is 13.0 Å². The van der Waals surface area contributed by atoms with Gasteiger partial charge in [0.15, 0.2) is 0 Å². The zero-order valence-corrected chi connectivity index (χ0v) is 8.06. The first-order valence-electron chi connectivity index (χ1n) is 3.57. The Balaban J connectivity index is 0.00000169. The van der Waals surface area contributed by atoms with Crippen molar-refractivity contribution in [2.75, 3.05) is 0 Å². The lowest BCUT2D eigenvalue weighted by atomic mass is 10.1. The number of alkyl halides is 3. The van der Waals surface area contributed by atoms with Gasteiger partial charge < -0.3 is 5.73 Å². The van der Waals surface area contributed by atoms with Crippen molar-refractivity contribution in [1.82, 2.24) is 10.2 Å². The Morgan fingerprint density at radius 2 is 2.00 bits per heavy atom. The number of aromatic nitrogens is 2. The van der Waals surface area contributed by atoms with Crippen LogP contribution in [-0.2, 0) is 6.18 Å². The third-order valence-corrected chi connectivity index (χ3v) is 1.49. The molecule has 0 radical (unpaired) electrons. The second-order valence-electron chi connectivity index (χ2n) is 2.62. The van der Waals surface area contributed by atoms with E-state index in [2.05, 4.69) is 10.2 Å². The zero-order valence-electron chi connectivity index (χ0n) is 7.25. The van der Waals surface area contributed by atoms with E-state index < -0.39 is 17.8 Å². The van der Waals surface area contributed by atoms with Gasteiger partial charge in [-0.25, -0.2) is 0 Å². The van der Waals surface area contributed by atoms with Crippen molar-refractivity contribution < 1.29 is 13.2 Å². The van der Waals surface area contributed by atoms with Gasteiger partial charge in [-0.3, -0.25) is 0 Å². The number of nitrogens with two attached hydrogens (primary N) is 1. The van der Waals surface area contributed by atoms with E-state index in [1.807, 2.05) is 0 Å². The molecule has 1 rings (SSSR count). The standard InChI is InChI=1S/C7H8F3N3.ClH/c1-4(11)6-5(7(8,9)10)2-3-12-13-6;/h2-4H,11H2,1H3;1H/t4-;/m1./s1. The second kappa shape index (κ2) is 4.56. The lowest BCUT2D eigenvalue weighted by molar-refractivity contribution is -0.138. The molecule has 0 unspecified atom stereocenters. The highest BCUT2D eigenvalue weighted by Gasteiger charge is 2.34. The van der Waals surface area contributed by atoms with Crippen LogP contribution >= 0.6 is 12.4 Å². The van der Waals surface area contributed by atoms with Gasteiger partial charge in [-0.1, -0.05) is 0 Å². The van der Waals surface area contributed by atoms with Crippen molar-refractivity contribution >= 4 is 12.4 Å². The Kier molecular flexibility index (Phi) is 4.28. The van der Waals surface area contributed by atoms with Gasteiger partial charge in [0.1, 0.15) is 0 Å². The zero-order chi connectivity index (χ0) is 10.1. The van der Waals surface area contributed by atoms with Gasteiger partial charge in [0.05, 0.1) is 17.5 Å². The minimum absolute atomic E-state index is 0. The largest absolute Gasteiger partial charge is 0.418 e. The van der Waals surface area contributed by atoms with Crippen molar-refractivity contribution in [3.05, 3.63) is 23.5 Å². The Morgan fingerprint density at radius 1 is 1.43 bits per heavy atom. The molecular formula is C7H9ClF3N3. The molecule has 0 aliphatic carbocycles. The molecule has 0 amide bonds. The van der Waals surface area contributed by atoms with Crippen LogP contribution in [-0.4, -0.2) is 10.2 Å². The van der Waals surface area contributed by atoms with E-state index in [4.69, 9.17) is 5.73 Å². The molecule has 0 aliphatic rings. The summed E-state index contributed by atoms with van der Waals surface area (Å²) in [6.07, 6.45) is -3.42. The van der Waals surface area contributed by atoms with Crippen LogP contribution in [0.15, 0.2) is 12.3 Å². The molecule has 14 heavy (non-hydrogen) atoms. The molecule has 3 nitrogen and oxygen atoms in total. The first-order valence-corrected chi connectivity index (χ1v) is 3.57. The summed E-state index contributed by atoms with van der Waals surface area (Å²) in [5.74, 6) is 0. The average Bonchev–Trinajstić information content (AvgIpc) is 2.03. The summed E-state index contributed by atoms with van der Waals surface area (Å²) >= 11 is 0. The molecule has 0 aromatic carbocycles. The second-order valence-corrected chi connectivity index (χ2v) is 2.62. The maximum Gasteiger partial charge on any atom is 0.418 e. The van der Waals surface area contributed by atoms with Gasteiger partial charge in [0.2, 0.25) is 0 Å². The van der Waals surface area contributed by atoms with Crippen LogP contribution in [0.3, 0.4) is 0 Å². The normalized spacial score (nSPS) is 13.2. The molecule has 0 bridgehead atoms. The van der Waals surface area contributed by atoms with Crippen LogP contribution < -0.4 is 5.73 Å². The smallest absolute Gasteiger partial charge is 0.323 e. The van der Waals surface area contributed by atoms with E-state index >= 15 is 0 Å². The number of nitrogens with zero attached hydrogens (tertiary/aromatic N) is 2. The fraction of sp³-hybridized carbons (Fsp3) is 0.429. The van der Waals surface area contributed by atoms with E-state index in [-0.39, 0.29) is 18.1 Å². The maximum atomic E-state index is 12.3. The molecule has 1 aromatic heterocycles. The predicted octanol–water partition coefficient (Wildman–Crippen LogP) is 1.94. The molecular weight excluding hydrogens is 219 g/mol. The lowest BCUT2D eigenvalue weighted by Crippen LogP contribution is -2.17. The van der Waals surface area contributed by atoms with Crippen molar-refractivity contribution in [2.24, 2.45) is 5.73 Å². The third-order valence-electron chi connectivity index (χ3n) is 1.49. The quantitative estimate of drug-likeness (QED) is 0.798. The summed E-state index contributed by atoms with van der Waals surface area (Å²) < 4.78 is 36.9. The fourth-order valence-electron chi connectivity index (χ4n) is 0.919. The Morgan fingerprint density at radius 3 is 2.36 bits per heavy atom. The summed E-state index contributed by atoms with van der Waals surface area (Å²) in [5, 5.41) is 6.70. The van der Waals surface area contributed by atoms with Gasteiger partial charge >= 0.3 is 6.18 Å². The van der Waals surface area contributed by atoms with E-state index in [0.29, 0.717) is 0 Å². The molecule has 1 heterocycles. The molecule has 0 fully saturated rings. The molecule has 0 aliphatic heterocycles. The van der Waals surface area contributed by atoms with Crippen LogP contribution in [0.2, 0.25) is 0 Å². The van der Waals surface area contributed by atoms with Gasteiger partial charge in [-0.15, -0.1) is 12.4 Å². The molecule has 0 spiro atoms. The number of hydrogen-bond acceptors (Lipinski definition) is 3. The number of hydrogen-bond donors (Lipinski definition) is 1.